The molecular formula is C20H34N7O4+. The van der Waals surface area contributed by atoms with Crippen LogP contribution in [0, 0.1) is 11.8 Å². The van der Waals surface area contributed by atoms with Gasteiger partial charge in [-0.05, 0) is 12.3 Å². The number of rotatable bonds is 9. The number of hydrogen-bond donors (Lipinski definition) is 6. The quantitative estimate of drug-likeness (QED) is 0.201. The fourth-order valence-corrected chi connectivity index (χ4v) is 4.38. The first-order valence-electron chi connectivity index (χ1n) is 10.6. The van der Waals surface area contributed by atoms with Gasteiger partial charge in [-0.25, -0.2) is 9.48 Å². The molecule has 0 fully saturated rings. The Morgan fingerprint density at radius 1 is 1.26 bits per heavy atom. The topological polar surface area (TPSA) is 183 Å². The number of hydrogen-bond acceptors (Lipinski definition) is 5. The molecule has 0 aromatic carbocycles. The second-order valence-electron chi connectivity index (χ2n) is 7.93. The SMILES string of the molecule is CCC(O)c1cn([C@H]2C(C(=O)O)=C[C@@H](C(CC)CC)[C@H](NC(C)=O)[C@H]2[NH+]=C(N)N)nn1. The predicted molar refractivity (Wildman–Crippen MR) is 113 cm³/mol. The van der Waals surface area contributed by atoms with Gasteiger partial charge in [-0.3, -0.25) is 21.3 Å². The third-order valence-corrected chi connectivity index (χ3v) is 5.92. The van der Waals surface area contributed by atoms with Crippen LogP contribution in [0.4, 0.5) is 0 Å². The first-order chi connectivity index (χ1) is 14.6. The molecule has 0 radical (unpaired) electrons. The van der Waals surface area contributed by atoms with Gasteiger partial charge in [-0.1, -0.05) is 44.9 Å². The molecule has 0 bridgehead atoms. The predicted octanol–water partition coefficient (Wildman–Crippen LogP) is -1.43. The molecule has 1 amide bonds. The summed E-state index contributed by atoms with van der Waals surface area (Å²) in [6.45, 7) is 7.27. The zero-order valence-electron chi connectivity index (χ0n) is 18.4. The van der Waals surface area contributed by atoms with Crippen molar-refractivity contribution in [3.05, 3.63) is 23.5 Å². The van der Waals surface area contributed by atoms with Crippen molar-refractivity contribution in [1.82, 2.24) is 20.3 Å². The average Bonchev–Trinajstić information content (AvgIpc) is 3.19. The van der Waals surface area contributed by atoms with E-state index in [2.05, 4.69) is 20.6 Å². The van der Waals surface area contributed by atoms with Crippen molar-refractivity contribution in [2.45, 2.75) is 71.2 Å². The van der Waals surface area contributed by atoms with E-state index in [1.54, 1.807) is 13.0 Å². The molecule has 11 nitrogen and oxygen atoms in total. The van der Waals surface area contributed by atoms with Crippen LogP contribution < -0.4 is 21.8 Å². The number of aliphatic hydroxyl groups is 1. The highest BCUT2D eigenvalue weighted by Gasteiger charge is 2.47. The minimum Gasteiger partial charge on any atom is -0.478 e. The lowest BCUT2D eigenvalue weighted by Crippen LogP contribution is -2.90. The molecule has 5 atom stereocenters. The van der Waals surface area contributed by atoms with Gasteiger partial charge in [0.1, 0.15) is 17.8 Å². The van der Waals surface area contributed by atoms with E-state index in [4.69, 9.17) is 11.5 Å². The van der Waals surface area contributed by atoms with Crippen LogP contribution in [0.5, 0.6) is 0 Å². The van der Waals surface area contributed by atoms with E-state index >= 15 is 0 Å². The summed E-state index contributed by atoms with van der Waals surface area (Å²) in [5.74, 6) is -1.60. The number of carbonyl (C=O) groups is 2. The smallest absolute Gasteiger partial charge is 0.339 e. The summed E-state index contributed by atoms with van der Waals surface area (Å²) in [7, 11) is 0. The number of aliphatic carboxylic acids is 1. The van der Waals surface area contributed by atoms with E-state index in [-0.39, 0.29) is 29.3 Å². The van der Waals surface area contributed by atoms with E-state index in [0.717, 1.165) is 12.8 Å². The Balaban J connectivity index is 2.72. The first-order valence-corrected chi connectivity index (χ1v) is 10.6. The van der Waals surface area contributed by atoms with Gasteiger partial charge in [0.15, 0.2) is 0 Å². The maximum atomic E-state index is 12.3. The molecule has 8 N–H and O–H groups in total. The Kier molecular flexibility index (Phi) is 8.14. The maximum absolute atomic E-state index is 12.3. The van der Waals surface area contributed by atoms with Crippen molar-refractivity contribution in [2.24, 2.45) is 23.3 Å². The van der Waals surface area contributed by atoms with Crippen LogP contribution in [0.15, 0.2) is 17.8 Å². The van der Waals surface area contributed by atoms with Gasteiger partial charge in [0.2, 0.25) is 5.91 Å². The molecule has 2 rings (SSSR count). The second-order valence-corrected chi connectivity index (χ2v) is 7.93. The second kappa shape index (κ2) is 10.4. The van der Waals surface area contributed by atoms with Crippen molar-refractivity contribution >= 4 is 17.8 Å². The molecule has 0 saturated heterocycles. The number of carboxylic acids is 1. The highest BCUT2D eigenvalue weighted by Crippen LogP contribution is 2.37. The molecule has 1 aliphatic rings. The van der Waals surface area contributed by atoms with E-state index < -0.39 is 30.2 Å². The van der Waals surface area contributed by atoms with E-state index in [1.807, 2.05) is 13.8 Å². The molecule has 1 aliphatic carbocycles. The molecule has 1 unspecified atom stereocenters. The third-order valence-electron chi connectivity index (χ3n) is 5.92. The fraction of sp³-hybridized carbons (Fsp3) is 0.650. The molecule has 0 saturated carbocycles. The molecule has 31 heavy (non-hydrogen) atoms. The average molecular weight is 437 g/mol. The van der Waals surface area contributed by atoms with E-state index in [9.17, 15) is 19.8 Å². The van der Waals surface area contributed by atoms with Gasteiger partial charge in [-0.15, -0.1) is 5.10 Å². The highest BCUT2D eigenvalue weighted by molar-refractivity contribution is 5.88. The van der Waals surface area contributed by atoms with Gasteiger partial charge < -0.3 is 15.5 Å². The summed E-state index contributed by atoms with van der Waals surface area (Å²) < 4.78 is 1.38. The van der Waals surface area contributed by atoms with Crippen LogP contribution in [-0.4, -0.2) is 55.1 Å². The number of aromatic nitrogens is 3. The van der Waals surface area contributed by atoms with Crippen molar-refractivity contribution in [1.29, 1.82) is 0 Å². The number of aliphatic hydroxyl groups excluding tert-OH is 1. The van der Waals surface area contributed by atoms with Gasteiger partial charge in [0, 0.05) is 12.8 Å². The minimum absolute atomic E-state index is 0.0969. The first kappa shape index (κ1) is 24.3. The van der Waals surface area contributed by atoms with Crippen LogP contribution >= 0.6 is 0 Å². The van der Waals surface area contributed by atoms with Gasteiger partial charge >= 0.3 is 11.9 Å². The van der Waals surface area contributed by atoms with Gasteiger partial charge in [0.05, 0.1) is 23.9 Å². The van der Waals surface area contributed by atoms with Gasteiger partial charge in [0.25, 0.3) is 0 Å². The summed E-state index contributed by atoms with van der Waals surface area (Å²) in [6.07, 6.45) is 4.43. The Labute approximate surface area is 181 Å². The van der Waals surface area contributed by atoms with Crippen molar-refractivity contribution in [3.63, 3.8) is 0 Å². The number of amides is 1. The molecular weight excluding hydrogens is 402 g/mol. The van der Waals surface area contributed by atoms with Crippen LogP contribution in [0.25, 0.3) is 0 Å². The Bertz CT molecular complexity index is 842. The molecule has 0 aliphatic heterocycles. The van der Waals surface area contributed by atoms with Crippen LogP contribution in [0.1, 0.15) is 64.8 Å². The normalized spacial score (nSPS) is 24.4. The molecule has 172 valence electrons. The zero-order valence-corrected chi connectivity index (χ0v) is 18.4. The molecule has 1 heterocycles. The van der Waals surface area contributed by atoms with E-state index in [1.165, 1.54) is 17.8 Å². The number of guanidine groups is 1. The number of nitrogens with two attached hydrogens (primary N) is 2. The highest BCUT2D eigenvalue weighted by atomic mass is 16.4. The van der Waals surface area contributed by atoms with E-state index in [0.29, 0.717) is 12.1 Å². The third kappa shape index (κ3) is 5.40. The Morgan fingerprint density at radius 2 is 1.90 bits per heavy atom. The lowest BCUT2D eigenvalue weighted by molar-refractivity contribution is -0.519. The number of nitrogens with one attached hydrogen (secondary N) is 2. The van der Waals surface area contributed by atoms with Crippen LogP contribution in [-0.2, 0) is 9.59 Å². The van der Waals surface area contributed by atoms with Gasteiger partial charge in [-0.2, -0.15) is 0 Å². The molecule has 0 spiro atoms. The fourth-order valence-electron chi connectivity index (χ4n) is 4.38. The summed E-state index contributed by atoms with van der Waals surface area (Å²) in [5, 5.41) is 31.2. The standard InChI is InChI=1S/C20H33N7O4/c1-5-11(6-2)12-8-13(19(30)31)18(27-9-14(25-26-27)15(29)7-3)17(24-20(21)22)16(12)23-10(4)28/h8-9,11-12,15-18,29H,5-7H2,1-4H3,(H,23,28)(H,30,31)(H4,21,22,24)/p+1/t12-,15?,16-,17+,18-/m0/s1. The Hall–Kier alpha value is -2.95. The lowest BCUT2D eigenvalue weighted by Gasteiger charge is -2.41. The minimum atomic E-state index is -1.11. The largest absolute Gasteiger partial charge is 0.478 e. The van der Waals surface area contributed by atoms with Crippen molar-refractivity contribution in [3.8, 4) is 0 Å². The monoisotopic (exact) mass is 436 g/mol. The molecule has 1 aromatic rings. The summed E-state index contributed by atoms with van der Waals surface area (Å²) in [5.41, 5.74) is 11.9. The van der Waals surface area contributed by atoms with Crippen molar-refractivity contribution < 1.29 is 24.8 Å². The maximum Gasteiger partial charge on any atom is 0.339 e. The zero-order chi connectivity index (χ0) is 23.3. The van der Waals surface area contributed by atoms with Crippen molar-refractivity contribution in [2.75, 3.05) is 0 Å². The Morgan fingerprint density at radius 3 is 2.39 bits per heavy atom. The molecule has 1 aromatic heterocycles. The summed E-state index contributed by atoms with van der Waals surface area (Å²) >= 11 is 0. The summed E-state index contributed by atoms with van der Waals surface area (Å²) in [4.78, 5) is 27.3. The summed E-state index contributed by atoms with van der Waals surface area (Å²) in [6, 6.07) is -2.07. The number of nitrogens with zero attached hydrogens (tertiary/aromatic N) is 3. The number of carbonyl (C=O) groups excluding carboxylic acids is 1. The molecule has 11 heteroatoms. The van der Waals surface area contributed by atoms with Crippen LogP contribution in [0.2, 0.25) is 0 Å². The lowest BCUT2D eigenvalue weighted by atomic mass is 9.71. The van der Waals surface area contributed by atoms with Crippen LogP contribution in [0.3, 0.4) is 0 Å². The number of carboxylic acid groups (broad SMARTS) is 1.